The van der Waals surface area contributed by atoms with E-state index in [1.807, 2.05) is 18.2 Å². The zero-order chi connectivity index (χ0) is 9.80. The molecule has 0 aliphatic heterocycles. The number of para-hydroxylation sites is 1. The monoisotopic (exact) mass is 206 g/mol. The summed E-state index contributed by atoms with van der Waals surface area (Å²) < 4.78 is 3.69. The third-order valence-corrected chi connectivity index (χ3v) is 2.45. The summed E-state index contributed by atoms with van der Waals surface area (Å²) in [5.74, 6) is 0. The number of hydrogen-bond donors (Lipinski definition) is 1. The average Bonchev–Trinajstić information content (AvgIpc) is 2.71. The quantitative estimate of drug-likeness (QED) is 0.836. The summed E-state index contributed by atoms with van der Waals surface area (Å²) >= 11 is 1.25. The number of benzene rings is 1. The van der Waals surface area contributed by atoms with Crippen LogP contribution in [0.3, 0.4) is 0 Å². The molecule has 72 valence electrons. The average molecular weight is 206 g/mol. The van der Waals surface area contributed by atoms with Crippen molar-refractivity contribution in [2.24, 2.45) is 0 Å². The molecule has 0 atom stereocenters. The number of nitrogens with one attached hydrogen (secondary N) is 1. The maximum atomic E-state index is 3.83. The molecule has 5 heteroatoms. The van der Waals surface area contributed by atoms with Crippen molar-refractivity contribution in [1.82, 2.24) is 14.8 Å². The van der Waals surface area contributed by atoms with Crippen LogP contribution >= 0.6 is 11.5 Å². The Morgan fingerprint density at radius 2 is 2.21 bits per heavy atom. The highest BCUT2D eigenvalue weighted by molar-refractivity contribution is 7.09. The molecule has 0 aliphatic rings. The van der Waals surface area contributed by atoms with Gasteiger partial charge in [0.25, 0.3) is 0 Å². The van der Waals surface area contributed by atoms with Crippen molar-refractivity contribution in [1.29, 1.82) is 0 Å². The fourth-order valence-electron chi connectivity index (χ4n) is 1.25. The van der Waals surface area contributed by atoms with Gasteiger partial charge in [-0.25, -0.2) is 0 Å². The molecule has 2 aromatic rings. The minimum absolute atomic E-state index is 0.728. The zero-order valence-electron chi connectivity index (χ0n) is 7.77. The second-order valence-electron chi connectivity index (χ2n) is 2.80. The van der Waals surface area contributed by atoms with Gasteiger partial charge in [0.15, 0.2) is 0 Å². The first kappa shape index (κ1) is 9.08. The Morgan fingerprint density at radius 1 is 1.36 bits per heavy atom. The molecule has 0 saturated carbocycles. The van der Waals surface area contributed by atoms with E-state index in [4.69, 9.17) is 0 Å². The van der Waals surface area contributed by atoms with Crippen molar-refractivity contribution in [2.75, 3.05) is 5.32 Å². The lowest BCUT2D eigenvalue weighted by Gasteiger charge is -2.06. The van der Waals surface area contributed by atoms with E-state index in [1.165, 1.54) is 17.1 Å². The summed E-state index contributed by atoms with van der Waals surface area (Å²) in [5, 5.41) is 11.3. The third-order valence-electron chi connectivity index (χ3n) is 1.94. The van der Waals surface area contributed by atoms with Crippen LogP contribution in [0.5, 0.6) is 0 Å². The fourth-order valence-corrected chi connectivity index (χ4v) is 1.63. The summed E-state index contributed by atoms with van der Waals surface area (Å²) in [6, 6.07) is 8.15. The fraction of sp³-hybridized carbons (Fsp3) is 0.222. The summed E-state index contributed by atoms with van der Waals surface area (Å²) in [6.45, 7) is 2.12. The number of hydrogen-bond acceptors (Lipinski definition) is 5. The molecule has 0 saturated heterocycles. The lowest BCUT2D eigenvalue weighted by Crippen LogP contribution is -1.94. The van der Waals surface area contributed by atoms with Gasteiger partial charge in [-0.15, -0.1) is 0 Å². The van der Waals surface area contributed by atoms with Crippen molar-refractivity contribution in [3.8, 4) is 0 Å². The molecule has 1 aromatic heterocycles. The zero-order valence-corrected chi connectivity index (χ0v) is 8.58. The Morgan fingerprint density at radius 3 is 2.93 bits per heavy atom. The van der Waals surface area contributed by atoms with Gasteiger partial charge in [-0.05, 0) is 23.3 Å². The van der Waals surface area contributed by atoms with E-state index >= 15 is 0 Å². The molecule has 0 aliphatic carbocycles. The SMILES string of the molecule is CCc1ccccc1Nc1nnns1. The molecule has 0 fully saturated rings. The Balaban J connectivity index is 2.24. The van der Waals surface area contributed by atoms with Gasteiger partial charge in [0.05, 0.1) is 0 Å². The highest BCUT2D eigenvalue weighted by Crippen LogP contribution is 2.20. The van der Waals surface area contributed by atoms with E-state index in [0.29, 0.717) is 0 Å². The predicted molar refractivity (Wildman–Crippen MR) is 56.8 cm³/mol. The number of rotatable bonds is 3. The minimum atomic E-state index is 0.728. The Hall–Kier alpha value is -1.49. The van der Waals surface area contributed by atoms with Gasteiger partial charge >= 0.3 is 0 Å². The van der Waals surface area contributed by atoms with Gasteiger partial charge in [-0.1, -0.05) is 34.7 Å². The predicted octanol–water partition coefficient (Wildman–Crippen LogP) is 2.24. The number of nitrogens with zero attached hydrogens (tertiary/aromatic N) is 3. The highest BCUT2D eigenvalue weighted by Gasteiger charge is 2.02. The highest BCUT2D eigenvalue weighted by atomic mass is 32.1. The molecular weight excluding hydrogens is 196 g/mol. The number of aryl methyl sites for hydroxylation is 1. The van der Waals surface area contributed by atoms with Crippen LogP contribution in [0.4, 0.5) is 10.8 Å². The molecule has 0 amide bonds. The molecule has 14 heavy (non-hydrogen) atoms. The van der Waals surface area contributed by atoms with Crippen LogP contribution in [0.2, 0.25) is 0 Å². The lowest BCUT2D eigenvalue weighted by molar-refractivity contribution is 0.961. The largest absolute Gasteiger partial charge is 0.329 e. The van der Waals surface area contributed by atoms with Crippen molar-refractivity contribution < 1.29 is 0 Å². The van der Waals surface area contributed by atoms with Crippen LogP contribution in [0.1, 0.15) is 12.5 Å². The van der Waals surface area contributed by atoms with Crippen molar-refractivity contribution in [2.45, 2.75) is 13.3 Å². The first-order valence-corrected chi connectivity index (χ1v) is 5.17. The van der Waals surface area contributed by atoms with Crippen LogP contribution in [0, 0.1) is 0 Å². The topological polar surface area (TPSA) is 50.7 Å². The maximum absolute atomic E-state index is 3.83. The standard InChI is InChI=1S/C9H10N4S/c1-2-7-5-3-4-6-8(7)10-9-11-12-13-14-9/h3-6H,2H2,1H3,(H,10,11,13). The smallest absolute Gasteiger partial charge is 0.229 e. The van der Waals surface area contributed by atoms with Gasteiger partial charge < -0.3 is 5.32 Å². The molecule has 4 nitrogen and oxygen atoms in total. The van der Waals surface area contributed by atoms with Gasteiger partial charge in [0.1, 0.15) is 0 Å². The Labute approximate surface area is 86.1 Å². The molecule has 1 N–H and O–H groups in total. The number of anilines is 2. The van der Waals surface area contributed by atoms with Gasteiger partial charge in [-0.3, -0.25) is 0 Å². The molecule has 1 heterocycles. The van der Waals surface area contributed by atoms with Crippen LogP contribution in [0.15, 0.2) is 24.3 Å². The first-order chi connectivity index (χ1) is 6.90. The van der Waals surface area contributed by atoms with Crippen molar-refractivity contribution >= 4 is 22.4 Å². The van der Waals surface area contributed by atoms with E-state index < -0.39 is 0 Å². The van der Waals surface area contributed by atoms with Crippen molar-refractivity contribution in [3.05, 3.63) is 29.8 Å². The van der Waals surface area contributed by atoms with E-state index in [1.54, 1.807) is 0 Å². The summed E-state index contributed by atoms with van der Waals surface area (Å²) in [5.41, 5.74) is 2.34. The van der Waals surface area contributed by atoms with Crippen molar-refractivity contribution in [3.63, 3.8) is 0 Å². The van der Waals surface area contributed by atoms with Gasteiger partial charge in [0.2, 0.25) is 5.13 Å². The Kier molecular flexibility index (Phi) is 2.69. The van der Waals surface area contributed by atoms with Gasteiger partial charge in [-0.2, -0.15) is 0 Å². The van der Waals surface area contributed by atoms with E-state index in [2.05, 4.69) is 33.1 Å². The van der Waals surface area contributed by atoms with E-state index in [-0.39, 0.29) is 0 Å². The van der Waals surface area contributed by atoms with Crippen LogP contribution in [0.25, 0.3) is 0 Å². The minimum Gasteiger partial charge on any atom is -0.329 e. The molecule has 0 bridgehead atoms. The van der Waals surface area contributed by atoms with Crippen LogP contribution < -0.4 is 5.32 Å². The van der Waals surface area contributed by atoms with E-state index in [9.17, 15) is 0 Å². The molecule has 1 aromatic carbocycles. The summed E-state index contributed by atoms with van der Waals surface area (Å²) in [7, 11) is 0. The molecule has 0 spiro atoms. The molecule has 2 rings (SSSR count). The summed E-state index contributed by atoms with van der Waals surface area (Å²) in [6.07, 6.45) is 0.995. The second-order valence-corrected chi connectivity index (χ2v) is 3.54. The second kappa shape index (κ2) is 4.15. The van der Waals surface area contributed by atoms with Crippen LogP contribution in [-0.2, 0) is 6.42 Å². The Bertz CT molecular complexity index is 399. The third kappa shape index (κ3) is 1.88. The van der Waals surface area contributed by atoms with E-state index in [0.717, 1.165) is 17.2 Å². The van der Waals surface area contributed by atoms with Gasteiger partial charge in [0, 0.05) is 17.2 Å². The first-order valence-electron chi connectivity index (χ1n) is 4.40. The summed E-state index contributed by atoms with van der Waals surface area (Å²) in [4.78, 5) is 0. The molecule has 0 radical (unpaired) electrons. The normalized spacial score (nSPS) is 10.1. The lowest BCUT2D eigenvalue weighted by atomic mass is 10.1. The number of aromatic nitrogens is 3. The molecular formula is C9H10N4S. The maximum Gasteiger partial charge on any atom is 0.229 e. The van der Waals surface area contributed by atoms with Crippen LogP contribution in [-0.4, -0.2) is 14.8 Å². The molecule has 0 unspecified atom stereocenters.